The summed E-state index contributed by atoms with van der Waals surface area (Å²) in [6.45, 7) is 4.81. The minimum absolute atomic E-state index is 0.292. The molecule has 1 aromatic carbocycles. The summed E-state index contributed by atoms with van der Waals surface area (Å²) < 4.78 is 11.4. The maximum absolute atomic E-state index is 12.6. The van der Waals surface area contributed by atoms with Crippen molar-refractivity contribution in [1.82, 2.24) is 0 Å². The molecule has 3 N–H and O–H groups in total. The van der Waals surface area contributed by atoms with Crippen LogP contribution in [0.1, 0.15) is 44.0 Å². The first-order valence-electron chi connectivity index (χ1n) is 6.96. The fraction of sp³-hybridized carbons (Fsp3) is 0.533. The number of benzene rings is 1. The molecule has 1 atom stereocenters. The summed E-state index contributed by atoms with van der Waals surface area (Å²) in [6, 6.07) is 8.31. The van der Waals surface area contributed by atoms with E-state index < -0.39 is 30.6 Å². The van der Waals surface area contributed by atoms with Crippen molar-refractivity contribution in [3.05, 3.63) is 35.9 Å². The van der Waals surface area contributed by atoms with Crippen LogP contribution in [-0.4, -0.2) is 32.4 Å². The number of carbonyl (C=O) groups is 1. The van der Waals surface area contributed by atoms with Gasteiger partial charge in [0, 0.05) is 11.0 Å². The molecule has 0 radical (unpaired) electrons. The fourth-order valence-electron chi connectivity index (χ4n) is 2.82. The predicted molar refractivity (Wildman–Crippen MR) is 81.3 cm³/mol. The van der Waals surface area contributed by atoms with Gasteiger partial charge in [0.2, 0.25) is 0 Å². The van der Waals surface area contributed by atoms with Crippen LogP contribution in [0, 0.1) is 5.41 Å². The van der Waals surface area contributed by atoms with E-state index in [9.17, 15) is 24.3 Å². The predicted octanol–water partition coefficient (Wildman–Crippen LogP) is 2.60. The van der Waals surface area contributed by atoms with Crippen molar-refractivity contribution in [1.29, 1.82) is 0 Å². The van der Waals surface area contributed by atoms with Gasteiger partial charge in [-0.2, -0.15) is 0 Å². The van der Waals surface area contributed by atoms with Gasteiger partial charge in [-0.1, -0.05) is 44.2 Å². The average Bonchev–Trinajstić information content (AvgIpc) is 2.43. The molecule has 0 fully saturated rings. The molecule has 6 heteroatoms. The molecule has 0 amide bonds. The molecule has 1 rings (SSSR count). The van der Waals surface area contributed by atoms with Crippen molar-refractivity contribution in [2.24, 2.45) is 5.41 Å². The van der Waals surface area contributed by atoms with Gasteiger partial charge >= 0.3 is 7.60 Å². The standard InChI is InChI=1S/C15H23O5P/c1-4-15(5-2,11-21(18,19)20)14(3,17)13(16)12-9-7-6-8-10-12/h6-10,17H,4-5,11H2,1-3H3,(H2,18,19,20). The largest absolute Gasteiger partial charge is 0.381 e. The summed E-state index contributed by atoms with van der Waals surface area (Å²) in [5.41, 5.74) is -2.68. The van der Waals surface area contributed by atoms with Crippen LogP contribution < -0.4 is 0 Å². The Balaban J connectivity index is 3.28. The van der Waals surface area contributed by atoms with E-state index in [2.05, 4.69) is 0 Å². The third-order valence-electron chi connectivity index (χ3n) is 4.37. The fourth-order valence-corrected chi connectivity index (χ4v) is 4.37. The second-order valence-electron chi connectivity index (χ2n) is 5.58. The minimum Gasteiger partial charge on any atom is -0.381 e. The lowest BCUT2D eigenvalue weighted by Gasteiger charge is -2.43. The molecule has 0 saturated carbocycles. The highest BCUT2D eigenvalue weighted by molar-refractivity contribution is 7.51. The smallest absolute Gasteiger partial charge is 0.326 e. The van der Waals surface area contributed by atoms with Gasteiger partial charge in [-0.05, 0) is 19.8 Å². The second-order valence-corrected chi connectivity index (χ2v) is 7.22. The lowest BCUT2D eigenvalue weighted by molar-refractivity contribution is -0.0403. The number of hydrogen-bond donors (Lipinski definition) is 3. The number of rotatable bonds is 7. The van der Waals surface area contributed by atoms with E-state index in [1.54, 1.807) is 44.2 Å². The lowest BCUT2D eigenvalue weighted by atomic mass is 9.67. The van der Waals surface area contributed by atoms with Crippen molar-refractivity contribution >= 4 is 13.4 Å². The zero-order valence-electron chi connectivity index (χ0n) is 12.6. The van der Waals surface area contributed by atoms with Gasteiger partial charge in [-0.15, -0.1) is 0 Å². The molecule has 0 heterocycles. The first kappa shape index (κ1) is 18.1. The zero-order chi connectivity index (χ0) is 16.3. The summed E-state index contributed by atoms with van der Waals surface area (Å²) >= 11 is 0. The van der Waals surface area contributed by atoms with Gasteiger partial charge in [-0.3, -0.25) is 9.36 Å². The summed E-state index contributed by atoms with van der Waals surface area (Å²) in [6.07, 6.45) is 0.0684. The Bertz CT molecular complexity index is 528. The van der Waals surface area contributed by atoms with Crippen molar-refractivity contribution in [2.45, 2.75) is 39.2 Å². The zero-order valence-corrected chi connectivity index (χ0v) is 13.5. The maximum Gasteiger partial charge on any atom is 0.326 e. The average molecular weight is 314 g/mol. The summed E-state index contributed by atoms with van der Waals surface area (Å²) in [5.74, 6) is -0.514. The van der Waals surface area contributed by atoms with E-state index in [4.69, 9.17) is 0 Å². The molecule has 118 valence electrons. The number of hydrogen-bond acceptors (Lipinski definition) is 3. The Hall–Kier alpha value is -1.00. The molecule has 0 aliphatic carbocycles. The third-order valence-corrected chi connectivity index (χ3v) is 5.39. The molecule has 1 unspecified atom stereocenters. The normalized spacial score (nSPS) is 15.5. The van der Waals surface area contributed by atoms with E-state index in [1.807, 2.05) is 0 Å². The number of carbonyl (C=O) groups excluding carboxylic acids is 1. The molecule has 0 saturated heterocycles. The van der Waals surface area contributed by atoms with Crippen LogP contribution in [-0.2, 0) is 4.57 Å². The van der Waals surface area contributed by atoms with Crippen LogP contribution in [0.15, 0.2) is 30.3 Å². The highest BCUT2D eigenvalue weighted by Crippen LogP contribution is 2.51. The van der Waals surface area contributed by atoms with Gasteiger partial charge < -0.3 is 14.9 Å². The highest BCUT2D eigenvalue weighted by Gasteiger charge is 2.52. The molecule has 0 aromatic heterocycles. The molecule has 1 aromatic rings. The maximum atomic E-state index is 12.6. The van der Waals surface area contributed by atoms with E-state index in [-0.39, 0.29) is 0 Å². The number of ketones is 1. The van der Waals surface area contributed by atoms with E-state index >= 15 is 0 Å². The van der Waals surface area contributed by atoms with Crippen LogP contribution in [0.5, 0.6) is 0 Å². The lowest BCUT2D eigenvalue weighted by Crippen LogP contribution is -2.53. The van der Waals surface area contributed by atoms with Crippen molar-refractivity contribution in [3.8, 4) is 0 Å². The molecular weight excluding hydrogens is 291 g/mol. The molecular formula is C15H23O5P. The van der Waals surface area contributed by atoms with E-state index in [0.29, 0.717) is 18.4 Å². The summed E-state index contributed by atoms with van der Waals surface area (Å²) in [7, 11) is -4.36. The second kappa shape index (κ2) is 6.41. The van der Waals surface area contributed by atoms with Gasteiger partial charge in [0.15, 0.2) is 5.78 Å². The van der Waals surface area contributed by atoms with Crippen LogP contribution in [0.4, 0.5) is 0 Å². The minimum atomic E-state index is -4.36. The van der Waals surface area contributed by atoms with Crippen LogP contribution in [0.2, 0.25) is 0 Å². The number of aliphatic hydroxyl groups is 1. The van der Waals surface area contributed by atoms with Gasteiger partial charge in [-0.25, -0.2) is 0 Å². The Morgan fingerprint density at radius 3 is 2.00 bits per heavy atom. The first-order chi connectivity index (χ1) is 9.59. The monoisotopic (exact) mass is 314 g/mol. The van der Waals surface area contributed by atoms with Crippen LogP contribution in [0.25, 0.3) is 0 Å². The SMILES string of the molecule is CCC(CC)(CP(=O)(O)O)C(C)(O)C(=O)c1ccccc1. The third kappa shape index (κ3) is 3.80. The summed E-state index contributed by atoms with van der Waals surface area (Å²) in [5, 5.41) is 10.8. The molecule has 21 heavy (non-hydrogen) atoms. The summed E-state index contributed by atoms with van der Waals surface area (Å²) in [4.78, 5) is 31.3. The molecule has 0 bridgehead atoms. The molecule has 0 spiro atoms. The Labute approximate surface area is 125 Å². The van der Waals surface area contributed by atoms with Crippen molar-refractivity contribution in [3.63, 3.8) is 0 Å². The molecule has 0 aliphatic rings. The van der Waals surface area contributed by atoms with Crippen molar-refractivity contribution in [2.75, 3.05) is 6.16 Å². The van der Waals surface area contributed by atoms with Crippen LogP contribution in [0.3, 0.4) is 0 Å². The Morgan fingerprint density at radius 2 is 1.62 bits per heavy atom. The van der Waals surface area contributed by atoms with E-state index in [1.165, 1.54) is 6.92 Å². The topological polar surface area (TPSA) is 94.8 Å². The van der Waals surface area contributed by atoms with E-state index in [0.717, 1.165) is 0 Å². The number of Topliss-reactive ketones (excluding diaryl/α,β-unsaturated/α-hetero) is 1. The Morgan fingerprint density at radius 1 is 1.14 bits per heavy atom. The van der Waals surface area contributed by atoms with Gasteiger partial charge in [0.25, 0.3) is 0 Å². The van der Waals surface area contributed by atoms with Crippen LogP contribution >= 0.6 is 7.60 Å². The quantitative estimate of drug-likeness (QED) is 0.531. The molecule has 5 nitrogen and oxygen atoms in total. The highest BCUT2D eigenvalue weighted by atomic mass is 31.2. The van der Waals surface area contributed by atoms with Gasteiger partial charge in [0.05, 0.1) is 6.16 Å². The van der Waals surface area contributed by atoms with Gasteiger partial charge in [0.1, 0.15) is 5.60 Å². The molecule has 0 aliphatic heterocycles. The first-order valence-corrected chi connectivity index (χ1v) is 8.76. The van der Waals surface area contributed by atoms with Crippen molar-refractivity contribution < 1.29 is 24.3 Å². The Kier molecular flexibility index (Phi) is 5.51.